The molecule has 1 fully saturated rings. The molecule has 1 aliphatic heterocycles. The Kier molecular flexibility index (Phi) is 6.26. The van der Waals surface area contributed by atoms with Crippen molar-refractivity contribution in [1.82, 2.24) is 10.2 Å². The predicted octanol–water partition coefficient (Wildman–Crippen LogP) is 2.64. The molecule has 1 rings (SSSR count). The summed E-state index contributed by atoms with van der Waals surface area (Å²) in [7, 11) is 0. The van der Waals surface area contributed by atoms with E-state index >= 15 is 0 Å². The van der Waals surface area contributed by atoms with Gasteiger partial charge in [0.25, 0.3) is 0 Å². The molecule has 2 atom stereocenters. The highest BCUT2D eigenvalue weighted by Crippen LogP contribution is 2.13. The highest BCUT2D eigenvalue weighted by Gasteiger charge is 2.25. The molecule has 0 aromatic carbocycles. The molecule has 0 aliphatic carbocycles. The zero-order valence-corrected chi connectivity index (χ0v) is 10.8. The highest BCUT2D eigenvalue weighted by molar-refractivity contribution is 4.85. The molecule has 1 saturated heterocycles. The molecule has 1 N–H and O–H groups in total. The van der Waals surface area contributed by atoms with E-state index in [0.29, 0.717) is 0 Å². The first-order valence-electron chi connectivity index (χ1n) is 6.79. The van der Waals surface area contributed by atoms with Crippen LogP contribution in [0.15, 0.2) is 0 Å². The molecule has 0 spiro atoms. The van der Waals surface area contributed by atoms with E-state index in [1.807, 2.05) is 0 Å². The average Bonchev–Trinajstić information content (AvgIpc) is 2.27. The third kappa shape index (κ3) is 4.12. The van der Waals surface area contributed by atoms with Crippen LogP contribution >= 0.6 is 0 Å². The van der Waals surface area contributed by atoms with Crippen molar-refractivity contribution in [2.24, 2.45) is 0 Å². The van der Waals surface area contributed by atoms with Gasteiger partial charge in [-0.05, 0) is 25.8 Å². The SMILES string of the molecule is CCCCN1CC(CCC)NCC1CC. The minimum absolute atomic E-state index is 0.745. The number of rotatable bonds is 6. The van der Waals surface area contributed by atoms with Gasteiger partial charge in [0.15, 0.2) is 0 Å². The summed E-state index contributed by atoms with van der Waals surface area (Å²) in [6.45, 7) is 10.6. The number of piperazine rings is 1. The smallest absolute Gasteiger partial charge is 0.0218 e. The van der Waals surface area contributed by atoms with E-state index in [9.17, 15) is 0 Å². The van der Waals surface area contributed by atoms with Crippen LogP contribution in [0.4, 0.5) is 0 Å². The summed E-state index contributed by atoms with van der Waals surface area (Å²) in [6.07, 6.45) is 6.60. The van der Waals surface area contributed by atoms with E-state index < -0.39 is 0 Å². The third-order valence-electron chi connectivity index (χ3n) is 3.52. The maximum atomic E-state index is 3.69. The van der Waals surface area contributed by atoms with Crippen LogP contribution in [0.2, 0.25) is 0 Å². The Labute approximate surface area is 95.4 Å². The fraction of sp³-hybridized carbons (Fsp3) is 1.00. The minimum atomic E-state index is 0.745. The molecule has 1 aliphatic rings. The molecule has 2 unspecified atom stereocenters. The molecule has 1 heterocycles. The Morgan fingerprint density at radius 1 is 1.20 bits per heavy atom. The van der Waals surface area contributed by atoms with Gasteiger partial charge in [0, 0.05) is 25.2 Å². The van der Waals surface area contributed by atoms with Gasteiger partial charge in [-0.1, -0.05) is 33.6 Å². The number of hydrogen-bond donors (Lipinski definition) is 1. The van der Waals surface area contributed by atoms with Crippen molar-refractivity contribution in [3.8, 4) is 0 Å². The van der Waals surface area contributed by atoms with E-state index in [1.165, 1.54) is 51.7 Å². The molecule has 0 aromatic heterocycles. The summed E-state index contributed by atoms with van der Waals surface area (Å²) < 4.78 is 0. The van der Waals surface area contributed by atoms with Gasteiger partial charge < -0.3 is 5.32 Å². The molecule has 0 bridgehead atoms. The van der Waals surface area contributed by atoms with Crippen LogP contribution in [-0.2, 0) is 0 Å². The van der Waals surface area contributed by atoms with Gasteiger partial charge in [0.1, 0.15) is 0 Å². The summed E-state index contributed by atoms with van der Waals surface area (Å²) in [5.74, 6) is 0. The van der Waals surface area contributed by atoms with Crippen LogP contribution in [0.1, 0.15) is 52.9 Å². The first kappa shape index (κ1) is 13.0. The molecule has 2 nitrogen and oxygen atoms in total. The third-order valence-corrected chi connectivity index (χ3v) is 3.52. The molecule has 2 heteroatoms. The van der Waals surface area contributed by atoms with Gasteiger partial charge in [-0.15, -0.1) is 0 Å². The van der Waals surface area contributed by atoms with Crippen LogP contribution in [0.5, 0.6) is 0 Å². The van der Waals surface area contributed by atoms with Gasteiger partial charge in [-0.25, -0.2) is 0 Å². The van der Waals surface area contributed by atoms with Gasteiger partial charge in [0.2, 0.25) is 0 Å². The van der Waals surface area contributed by atoms with Crippen LogP contribution in [-0.4, -0.2) is 36.6 Å². The maximum Gasteiger partial charge on any atom is 0.0218 e. The highest BCUT2D eigenvalue weighted by atomic mass is 15.2. The first-order valence-corrected chi connectivity index (χ1v) is 6.79. The van der Waals surface area contributed by atoms with E-state index in [1.54, 1.807) is 0 Å². The standard InChI is InChI=1S/C13H28N2/c1-4-7-9-15-11-12(8-5-2)14-10-13(15)6-3/h12-14H,4-11H2,1-3H3. The summed E-state index contributed by atoms with van der Waals surface area (Å²) >= 11 is 0. The van der Waals surface area contributed by atoms with E-state index in [0.717, 1.165) is 12.1 Å². The normalized spacial score (nSPS) is 28.2. The first-order chi connectivity index (χ1) is 7.31. The van der Waals surface area contributed by atoms with Crippen molar-refractivity contribution in [3.63, 3.8) is 0 Å². The van der Waals surface area contributed by atoms with Crippen molar-refractivity contribution in [1.29, 1.82) is 0 Å². The van der Waals surface area contributed by atoms with Crippen LogP contribution in [0, 0.1) is 0 Å². The Morgan fingerprint density at radius 3 is 2.60 bits per heavy atom. The molecule has 90 valence electrons. The molecular formula is C13H28N2. The van der Waals surface area contributed by atoms with Crippen molar-refractivity contribution >= 4 is 0 Å². The number of nitrogens with zero attached hydrogens (tertiary/aromatic N) is 1. The fourth-order valence-corrected chi connectivity index (χ4v) is 2.51. The Hall–Kier alpha value is -0.0800. The lowest BCUT2D eigenvalue weighted by molar-refractivity contribution is 0.121. The zero-order valence-electron chi connectivity index (χ0n) is 10.8. The Balaban J connectivity index is 2.38. The monoisotopic (exact) mass is 212 g/mol. The Morgan fingerprint density at radius 2 is 2.00 bits per heavy atom. The van der Waals surface area contributed by atoms with E-state index in [4.69, 9.17) is 0 Å². The number of nitrogens with one attached hydrogen (secondary N) is 1. The largest absolute Gasteiger partial charge is 0.311 e. The van der Waals surface area contributed by atoms with Crippen molar-refractivity contribution < 1.29 is 0 Å². The summed E-state index contributed by atoms with van der Waals surface area (Å²) in [4.78, 5) is 2.71. The van der Waals surface area contributed by atoms with Gasteiger partial charge in [0.05, 0.1) is 0 Å². The van der Waals surface area contributed by atoms with Crippen molar-refractivity contribution in [3.05, 3.63) is 0 Å². The Bertz CT molecular complexity index is 159. The molecule has 15 heavy (non-hydrogen) atoms. The molecule has 0 aromatic rings. The van der Waals surface area contributed by atoms with Gasteiger partial charge >= 0.3 is 0 Å². The van der Waals surface area contributed by atoms with Crippen molar-refractivity contribution in [2.45, 2.75) is 65.0 Å². The molecular weight excluding hydrogens is 184 g/mol. The lowest BCUT2D eigenvalue weighted by Gasteiger charge is -2.40. The predicted molar refractivity (Wildman–Crippen MR) is 67.3 cm³/mol. The second-order valence-electron chi connectivity index (χ2n) is 4.80. The summed E-state index contributed by atoms with van der Waals surface area (Å²) in [5.41, 5.74) is 0. The summed E-state index contributed by atoms with van der Waals surface area (Å²) in [5, 5.41) is 3.69. The molecule has 0 radical (unpaired) electrons. The number of hydrogen-bond acceptors (Lipinski definition) is 2. The quantitative estimate of drug-likeness (QED) is 0.728. The number of unbranched alkanes of at least 4 members (excludes halogenated alkanes) is 1. The van der Waals surface area contributed by atoms with Crippen LogP contribution in [0.3, 0.4) is 0 Å². The average molecular weight is 212 g/mol. The van der Waals surface area contributed by atoms with Crippen LogP contribution in [0.25, 0.3) is 0 Å². The lowest BCUT2D eigenvalue weighted by Crippen LogP contribution is -2.56. The zero-order chi connectivity index (χ0) is 11.1. The van der Waals surface area contributed by atoms with Crippen molar-refractivity contribution in [2.75, 3.05) is 19.6 Å². The van der Waals surface area contributed by atoms with Crippen LogP contribution < -0.4 is 5.32 Å². The van der Waals surface area contributed by atoms with E-state index in [-0.39, 0.29) is 0 Å². The minimum Gasteiger partial charge on any atom is -0.311 e. The molecule has 0 amide bonds. The van der Waals surface area contributed by atoms with E-state index in [2.05, 4.69) is 31.0 Å². The fourth-order valence-electron chi connectivity index (χ4n) is 2.51. The molecule has 0 saturated carbocycles. The lowest BCUT2D eigenvalue weighted by atomic mass is 10.0. The second kappa shape index (κ2) is 7.24. The van der Waals surface area contributed by atoms with Gasteiger partial charge in [-0.2, -0.15) is 0 Å². The van der Waals surface area contributed by atoms with Gasteiger partial charge in [-0.3, -0.25) is 4.90 Å². The topological polar surface area (TPSA) is 15.3 Å². The maximum absolute atomic E-state index is 3.69. The second-order valence-corrected chi connectivity index (χ2v) is 4.80. The summed E-state index contributed by atoms with van der Waals surface area (Å²) in [6, 6.07) is 1.53.